The molecule has 0 unspecified atom stereocenters. The Morgan fingerprint density at radius 3 is 2.56 bits per heavy atom. The third kappa shape index (κ3) is 5.13. The average Bonchev–Trinajstić information content (AvgIpc) is 3.25. The maximum Gasteiger partial charge on any atom is 0.258 e. The summed E-state index contributed by atoms with van der Waals surface area (Å²) >= 11 is 0. The molecule has 2 heterocycles. The van der Waals surface area contributed by atoms with Crippen LogP contribution in [0.2, 0.25) is 0 Å². The number of aryl methyl sites for hydroxylation is 2. The number of nitrogens with zero attached hydrogens (tertiary/aromatic N) is 4. The van der Waals surface area contributed by atoms with Crippen LogP contribution in [0.15, 0.2) is 72.1 Å². The van der Waals surface area contributed by atoms with Gasteiger partial charge in [0, 0.05) is 54.7 Å². The molecule has 0 bridgehead atoms. The third-order valence-corrected chi connectivity index (χ3v) is 6.83. The number of aromatic nitrogens is 3. The molecule has 0 aliphatic rings. The number of hydrogen-bond acceptors (Lipinski definition) is 6. The lowest BCUT2D eigenvalue weighted by Gasteiger charge is -2.26. The van der Waals surface area contributed by atoms with Gasteiger partial charge in [0.1, 0.15) is 17.4 Å². The number of halogens is 1. The standard InChI is InChI=1S/C26H25FN4O4S/c1-17-11-18(13-20(12-17)36(4,33)34)26(32)31(16-25-29-9-10-30(25)2)23-15-28-8-7-21(23)22-6-5-19(27)14-24(22)35-3/h5-15H,16H2,1-4H3. The fraction of sp³-hybridized carbons (Fsp3) is 0.192. The lowest BCUT2D eigenvalue weighted by Crippen LogP contribution is -2.32. The predicted molar refractivity (Wildman–Crippen MR) is 134 cm³/mol. The van der Waals surface area contributed by atoms with E-state index in [1.165, 1.54) is 42.5 Å². The van der Waals surface area contributed by atoms with Gasteiger partial charge in [-0.15, -0.1) is 0 Å². The maximum absolute atomic E-state index is 14.0. The fourth-order valence-electron chi connectivity index (χ4n) is 3.91. The van der Waals surface area contributed by atoms with E-state index in [1.54, 1.807) is 48.3 Å². The van der Waals surface area contributed by atoms with Crippen LogP contribution in [-0.4, -0.2) is 42.2 Å². The van der Waals surface area contributed by atoms with Gasteiger partial charge >= 0.3 is 0 Å². The first-order valence-electron chi connectivity index (χ1n) is 11.0. The van der Waals surface area contributed by atoms with Crippen LogP contribution in [0.1, 0.15) is 21.7 Å². The van der Waals surface area contributed by atoms with Crippen LogP contribution in [0.4, 0.5) is 10.1 Å². The molecular weight excluding hydrogens is 483 g/mol. The molecule has 0 saturated heterocycles. The largest absolute Gasteiger partial charge is 0.496 e. The maximum atomic E-state index is 14.0. The highest BCUT2D eigenvalue weighted by atomic mass is 32.2. The van der Waals surface area contributed by atoms with Crippen molar-refractivity contribution in [1.82, 2.24) is 14.5 Å². The van der Waals surface area contributed by atoms with E-state index >= 15 is 0 Å². The molecule has 36 heavy (non-hydrogen) atoms. The van der Waals surface area contributed by atoms with E-state index in [9.17, 15) is 17.6 Å². The molecule has 8 nitrogen and oxygen atoms in total. The number of imidazole rings is 1. The summed E-state index contributed by atoms with van der Waals surface area (Å²) in [6.45, 7) is 1.81. The van der Waals surface area contributed by atoms with Crippen molar-refractivity contribution < 1.29 is 22.3 Å². The Morgan fingerprint density at radius 1 is 1.11 bits per heavy atom. The van der Waals surface area contributed by atoms with Gasteiger partial charge < -0.3 is 9.30 Å². The number of amides is 1. The van der Waals surface area contributed by atoms with E-state index in [-0.39, 0.29) is 17.0 Å². The van der Waals surface area contributed by atoms with Gasteiger partial charge in [0.2, 0.25) is 0 Å². The van der Waals surface area contributed by atoms with E-state index in [0.29, 0.717) is 34.0 Å². The van der Waals surface area contributed by atoms with Gasteiger partial charge in [-0.25, -0.2) is 17.8 Å². The molecule has 0 aliphatic heterocycles. The molecule has 2 aromatic heterocycles. The summed E-state index contributed by atoms with van der Waals surface area (Å²) in [5, 5.41) is 0. The fourth-order valence-corrected chi connectivity index (χ4v) is 4.66. The lowest BCUT2D eigenvalue weighted by molar-refractivity contribution is 0.0984. The van der Waals surface area contributed by atoms with Gasteiger partial charge in [0.25, 0.3) is 5.91 Å². The van der Waals surface area contributed by atoms with Gasteiger partial charge in [-0.2, -0.15) is 0 Å². The first kappa shape index (κ1) is 25.1. The molecule has 0 aliphatic carbocycles. The molecule has 0 spiro atoms. The highest BCUT2D eigenvalue weighted by Crippen LogP contribution is 2.37. The Labute approximate surface area is 208 Å². The number of carbonyl (C=O) groups excluding carboxylic acids is 1. The Morgan fingerprint density at radius 2 is 1.89 bits per heavy atom. The van der Waals surface area contributed by atoms with Crippen molar-refractivity contribution in [3.63, 3.8) is 0 Å². The minimum Gasteiger partial charge on any atom is -0.496 e. The minimum atomic E-state index is -3.54. The van der Waals surface area contributed by atoms with E-state index in [1.807, 2.05) is 7.05 Å². The van der Waals surface area contributed by atoms with Crippen LogP contribution in [0, 0.1) is 12.7 Å². The number of anilines is 1. The summed E-state index contributed by atoms with van der Waals surface area (Å²) < 4.78 is 45.6. The van der Waals surface area contributed by atoms with Crippen molar-refractivity contribution in [1.29, 1.82) is 0 Å². The van der Waals surface area contributed by atoms with Gasteiger partial charge in [0.05, 0.1) is 30.4 Å². The first-order chi connectivity index (χ1) is 17.1. The topological polar surface area (TPSA) is 94.4 Å². The minimum absolute atomic E-state index is 0.0504. The van der Waals surface area contributed by atoms with Gasteiger partial charge in [-0.3, -0.25) is 14.7 Å². The average molecular weight is 509 g/mol. The quantitative estimate of drug-likeness (QED) is 0.372. The molecule has 10 heteroatoms. The number of rotatable bonds is 7. The number of sulfone groups is 1. The zero-order valence-electron chi connectivity index (χ0n) is 20.3. The molecule has 2 aromatic carbocycles. The Kier molecular flexibility index (Phi) is 6.89. The summed E-state index contributed by atoms with van der Waals surface area (Å²) in [4.78, 5) is 24.1. The van der Waals surface area contributed by atoms with Gasteiger partial charge in [-0.1, -0.05) is 0 Å². The van der Waals surface area contributed by atoms with Crippen molar-refractivity contribution in [2.45, 2.75) is 18.4 Å². The van der Waals surface area contributed by atoms with Crippen LogP contribution < -0.4 is 9.64 Å². The number of methoxy groups -OCH3 is 1. The highest BCUT2D eigenvalue weighted by molar-refractivity contribution is 7.90. The molecule has 0 N–H and O–H groups in total. The first-order valence-corrected chi connectivity index (χ1v) is 12.9. The highest BCUT2D eigenvalue weighted by Gasteiger charge is 2.25. The summed E-state index contributed by atoms with van der Waals surface area (Å²) in [5.41, 5.74) is 2.41. The summed E-state index contributed by atoms with van der Waals surface area (Å²) in [6, 6.07) is 10.4. The molecule has 4 rings (SSSR count). The Bertz CT molecular complexity index is 1550. The second kappa shape index (κ2) is 9.90. The molecule has 186 valence electrons. The van der Waals surface area contributed by atoms with Crippen LogP contribution in [0.3, 0.4) is 0 Å². The van der Waals surface area contributed by atoms with Crippen LogP contribution in [-0.2, 0) is 23.4 Å². The summed E-state index contributed by atoms with van der Waals surface area (Å²) in [7, 11) is -0.292. The number of benzene rings is 2. The second-order valence-electron chi connectivity index (χ2n) is 8.39. The number of hydrogen-bond donors (Lipinski definition) is 0. The second-order valence-corrected chi connectivity index (χ2v) is 10.4. The number of carbonyl (C=O) groups is 1. The van der Waals surface area contributed by atoms with E-state index in [0.717, 1.165) is 6.26 Å². The molecule has 1 amide bonds. The molecule has 0 saturated carbocycles. The van der Waals surface area contributed by atoms with Crippen molar-refractivity contribution in [2.75, 3.05) is 18.3 Å². The number of pyridine rings is 1. The van der Waals surface area contributed by atoms with Crippen LogP contribution in [0.5, 0.6) is 5.75 Å². The molecule has 0 atom stereocenters. The zero-order chi connectivity index (χ0) is 26.0. The van der Waals surface area contributed by atoms with Crippen molar-refractivity contribution in [2.24, 2.45) is 7.05 Å². The zero-order valence-corrected chi connectivity index (χ0v) is 21.1. The Hall–Kier alpha value is -4.05. The van der Waals surface area contributed by atoms with E-state index in [4.69, 9.17) is 4.74 Å². The van der Waals surface area contributed by atoms with E-state index in [2.05, 4.69) is 9.97 Å². The SMILES string of the molecule is COc1cc(F)ccc1-c1ccncc1N(Cc1nccn1C)C(=O)c1cc(C)cc(S(C)(=O)=O)c1. The van der Waals surface area contributed by atoms with E-state index < -0.39 is 21.6 Å². The van der Waals surface area contributed by atoms with Crippen LogP contribution >= 0.6 is 0 Å². The predicted octanol–water partition coefficient (Wildman–Crippen LogP) is 4.19. The van der Waals surface area contributed by atoms with Crippen LogP contribution in [0.25, 0.3) is 11.1 Å². The van der Waals surface area contributed by atoms with Crippen molar-refractivity contribution in [3.8, 4) is 16.9 Å². The summed E-state index contributed by atoms with van der Waals surface area (Å²) in [6.07, 6.45) is 7.59. The lowest BCUT2D eigenvalue weighted by atomic mass is 10.0. The normalized spacial score (nSPS) is 11.4. The molecular formula is C26H25FN4O4S. The number of ether oxygens (including phenoxy) is 1. The summed E-state index contributed by atoms with van der Waals surface area (Å²) in [5.74, 6) is -0.0101. The smallest absolute Gasteiger partial charge is 0.258 e. The molecule has 0 fully saturated rings. The molecule has 4 aromatic rings. The molecule has 0 radical (unpaired) electrons. The third-order valence-electron chi connectivity index (χ3n) is 5.74. The van der Waals surface area contributed by atoms with Crippen molar-refractivity contribution >= 4 is 21.4 Å². The van der Waals surface area contributed by atoms with Gasteiger partial charge in [-0.05, 0) is 48.9 Å². The Balaban J connectivity index is 1.91. The van der Waals surface area contributed by atoms with Crippen molar-refractivity contribution in [3.05, 3.63) is 90.0 Å². The monoisotopic (exact) mass is 508 g/mol. The van der Waals surface area contributed by atoms with Gasteiger partial charge in [0.15, 0.2) is 9.84 Å².